The summed E-state index contributed by atoms with van der Waals surface area (Å²) >= 11 is 9.34. The lowest BCUT2D eigenvalue weighted by Gasteiger charge is -2.11. The highest BCUT2D eigenvalue weighted by Gasteiger charge is 2.06. The summed E-state index contributed by atoms with van der Waals surface area (Å²) in [5.74, 6) is 1.48. The van der Waals surface area contributed by atoms with Crippen LogP contribution >= 0.6 is 27.5 Å². The van der Waals surface area contributed by atoms with Crippen LogP contribution in [0.5, 0.6) is 11.5 Å². The highest BCUT2D eigenvalue weighted by molar-refractivity contribution is 9.10. The minimum Gasteiger partial charge on any atom is -0.456 e. The maximum atomic E-state index is 5.91. The van der Waals surface area contributed by atoms with Crippen LogP contribution in [-0.2, 0) is 6.54 Å². The molecule has 0 saturated carbocycles. The van der Waals surface area contributed by atoms with Crippen molar-refractivity contribution in [3.05, 3.63) is 57.5 Å². The first-order chi connectivity index (χ1) is 8.20. The predicted octanol–water partition coefficient (Wildman–Crippen LogP) is 4.35. The second-order valence-electron chi connectivity index (χ2n) is 3.49. The van der Waals surface area contributed by atoms with Gasteiger partial charge in [-0.15, -0.1) is 0 Å². The fourth-order valence-corrected chi connectivity index (χ4v) is 2.01. The van der Waals surface area contributed by atoms with Gasteiger partial charge in [-0.1, -0.05) is 23.7 Å². The molecule has 0 spiro atoms. The number of hydrogen-bond donors (Lipinski definition) is 1. The van der Waals surface area contributed by atoms with E-state index in [4.69, 9.17) is 22.1 Å². The largest absolute Gasteiger partial charge is 0.456 e. The number of para-hydroxylation sites is 1. The van der Waals surface area contributed by atoms with Crippen molar-refractivity contribution >= 4 is 27.5 Å². The smallest absolute Gasteiger partial charge is 0.141 e. The van der Waals surface area contributed by atoms with E-state index in [-0.39, 0.29) is 0 Å². The second kappa shape index (κ2) is 5.54. The van der Waals surface area contributed by atoms with Crippen LogP contribution < -0.4 is 10.5 Å². The molecule has 4 heteroatoms. The summed E-state index contributed by atoms with van der Waals surface area (Å²) < 4.78 is 6.70. The maximum absolute atomic E-state index is 5.91. The topological polar surface area (TPSA) is 35.2 Å². The summed E-state index contributed by atoms with van der Waals surface area (Å²) in [6.45, 7) is 0.389. The molecule has 0 fully saturated rings. The molecule has 0 unspecified atom stereocenters. The van der Waals surface area contributed by atoms with Crippen LogP contribution in [0.2, 0.25) is 5.02 Å². The van der Waals surface area contributed by atoms with Gasteiger partial charge in [0, 0.05) is 17.1 Å². The Hall–Kier alpha value is -1.03. The molecule has 88 valence electrons. The van der Waals surface area contributed by atoms with Crippen molar-refractivity contribution in [1.29, 1.82) is 0 Å². The highest BCUT2D eigenvalue weighted by atomic mass is 79.9. The molecular formula is C13H11BrClNO. The molecule has 0 aliphatic carbocycles. The van der Waals surface area contributed by atoms with Crippen LogP contribution in [0.4, 0.5) is 0 Å². The quantitative estimate of drug-likeness (QED) is 0.914. The van der Waals surface area contributed by atoms with Crippen molar-refractivity contribution in [3.8, 4) is 11.5 Å². The van der Waals surface area contributed by atoms with Gasteiger partial charge in [-0.25, -0.2) is 0 Å². The van der Waals surface area contributed by atoms with E-state index in [1.165, 1.54) is 0 Å². The molecule has 17 heavy (non-hydrogen) atoms. The lowest BCUT2D eigenvalue weighted by atomic mass is 10.2. The second-order valence-corrected chi connectivity index (χ2v) is 4.78. The van der Waals surface area contributed by atoms with Crippen LogP contribution in [0.1, 0.15) is 5.56 Å². The summed E-state index contributed by atoms with van der Waals surface area (Å²) in [6.07, 6.45) is 0. The Morgan fingerprint density at radius 3 is 2.59 bits per heavy atom. The minimum absolute atomic E-state index is 0.389. The third-order valence-corrected chi connectivity index (χ3v) is 3.19. The van der Waals surface area contributed by atoms with Crippen molar-refractivity contribution in [2.45, 2.75) is 6.54 Å². The Labute approximate surface area is 113 Å². The van der Waals surface area contributed by atoms with E-state index in [0.29, 0.717) is 11.6 Å². The average Bonchev–Trinajstić information content (AvgIpc) is 2.34. The molecule has 0 aliphatic rings. The predicted molar refractivity (Wildman–Crippen MR) is 73.6 cm³/mol. The zero-order valence-corrected chi connectivity index (χ0v) is 11.3. The Balaban J connectivity index is 2.33. The van der Waals surface area contributed by atoms with Crippen molar-refractivity contribution < 1.29 is 4.74 Å². The summed E-state index contributed by atoms with van der Waals surface area (Å²) in [6, 6.07) is 13.1. The number of ether oxygens (including phenoxy) is 1. The SMILES string of the molecule is NCc1cc(Cl)ccc1Oc1ccccc1Br. The molecule has 0 atom stereocenters. The molecule has 2 rings (SSSR count). The lowest BCUT2D eigenvalue weighted by Crippen LogP contribution is -1.99. The number of halogens is 2. The highest BCUT2D eigenvalue weighted by Crippen LogP contribution is 2.32. The normalized spacial score (nSPS) is 10.3. The fourth-order valence-electron chi connectivity index (χ4n) is 1.45. The summed E-state index contributed by atoms with van der Waals surface area (Å²) in [5.41, 5.74) is 6.54. The number of rotatable bonds is 3. The number of nitrogens with two attached hydrogens (primary N) is 1. The van der Waals surface area contributed by atoms with Crippen molar-refractivity contribution in [2.24, 2.45) is 5.73 Å². The van der Waals surface area contributed by atoms with Gasteiger partial charge in [0.05, 0.1) is 4.47 Å². The molecule has 2 N–H and O–H groups in total. The molecule has 0 aliphatic heterocycles. The van der Waals surface area contributed by atoms with Gasteiger partial charge in [-0.05, 0) is 46.3 Å². The van der Waals surface area contributed by atoms with Crippen LogP contribution in [0.15, 0.2) is 46.9 Å². The molecular weight excluding hydrogens is 302 g/mol. The monoisotopic (exact) mass is 311 g/mol. The first-order valence-electron chi connectivity index (χ1n) is 5.11. The molecule has 0 heterocycles. The molecule has 0 saturated heterocycles. The third-order valence-electron chi connectivity index (χ3n) is 2.30. The molecule has 0 amide bonds. The van der Waals surface area contributed by atoms with E-state index in [0.717, 1.165) is 21.5 Å². The average molecular weight is 313 g/mol. The van der Waals surface area contributed by atoms with Crippen LogP contribution in [-0.4, -0.2) is 0 Å². The van der Waals surface area contributed by atoms with Crippen molar-refractivity contribution in [2.75, 3.05) is 0 Å². The molecule has 0 radical (unpaired) electrons. The van der Waals surface area contributed by atoms with Gasteiger partial charge in [-0.3, -0.25) is 0 Å². The zero-order valence-electron chi connectivity index (χ0n) is 8.99. The van der Waals surface area contributed by atoms with Crippen molar-refractivity contribution in [3.63, 3.8) is 0 Å². The van der Waals surface area contributed by atoms with E-state index < -0.39 is 0 Å². The molecule has 2 aromatic rings. The maximum Gasteiger partial charge on any atom is 0.141 e. The molecule has 2 nitrogen and oxygen atoms in total. The lowest BCUT2D eigenvalue weighted by molar-refractivity contribution is 0.473. The molecule has 2 aromatic carbocycles. The van der Waals surface area contributed by atoms with Crippen LogP contribution in [0, 0.1) is 0 Å². The Morgan fingerprint density at radius 2 is 1.88 bits per heavy atom. The van der Waals surface area contributed by atoms with Crippen LogP contribution in [0.25, 0.3) is 0 Å². The van der Waals surface area contributed by atoms with Gasteiger partial charge in [0.25, 0.3) is 0 Å². The van der Waals surface area contributed by atoms with Crippen molar-refractivity contribution in [1.82, 2.24) is 0 Å². The van der Waals surface area contributed by atoms with Gasteiger partial charge >= 0.3 is 0 Å². The zero-order chi connectivity index (χ0) is 12.3. The van der Waals surface area contributed by atoms with E-state index in [9.17, 15) is 0 Å². The van der Waals surface area contributed by atoms with E-state index >= 15 is 0 Å². The van der Waals surface area contributed by atoms with Crippen LogP contribution in [0.3, 0.4) is 0 Å². The van der Waals surface area contributed by atoms with Gasteiger partial charge < -0.3 is 10.5 Å². The Morgan fingerprint density at radius 1 is 1.12 bits per heavy atom. The molecule has 0 aromatic heterocycles. The van der Waals surface area contributed by atoms with Gasteiger partial charge in [0.1, 0.15) is 11.5 Å². The summed E-state index contributed by atoms with van der Waals surface area (Å²) in [5, 5.41) is 0.657. The molecule has 0 bridgehead atoms. The van der Waals surface area contributed by atoms with Gasteiger partial charge in [0.15, 0.2) is 0 Å². The first kappa shape index (κ1) is 12.4. The number of hydrogen-bond acceptors (Lipinski definition) is 2. The summed E-state index contributed by atoms with van der Waals surface area (Å²) in [4.78, 5) is 0. The fraction of sp³-hybridized carbons (Fsp3) is 0.0769. The van der Waals surface area contributed by atoms with Gasteiger partial charge in [0.2, 0.25) is 0 Å². The van der Waals surface area contributed by atoms with E-state index in [1.807, 2.05) is 36.4 Å². The van der Waals surface area contributed by atoms with E-state index in [2.05, 4.69) is 15.9 Å². The standard InChI is InChI=1S/C13H11BrClNO/c14-11-3-1-2-4-13(11)17-12-6-5-10(15)7-9(12)8-16/h1-7H,8,16H2. The Bertz CT molecular complexity index is 531. The first-order valence-corrected chi connectivity index (χ1v) is 6.28. The summed E-state index contributed by atoms with van der Waals surface area (Å²) in [7, 11) is 0. The van der Waals surface area contributed by atoms with Gasteiger partial charge in [-0.2, -0.15) is 0 Å². The number of benzene rings is 2. The van der Waals surface area contributed by atoms with E-state index in [1.54, 1.807) is 6.07 Å². The Kier molecular flexibility index (Phi) is 4.05. The minimum atomic E-state index is 0.389. The third kappa shape index (κ3) is 3.00.